The van der Waals surface area contributed by atoms with Crippen molar-refractivity contribution in [2.75, 3.05) is 0 Å². The number of aliphatic hydroxyl groups is 1. The zero-order valence-corrected chi connectivity index (χ0v) is 38.2. The van der Waals surface area contributed by atoms with Crippen molar-refractivity contribution in [2.45, 2.75) is 121 Å². The van der Waals surface area contributed by atoms with E-state index in [-0.39, 0.29) is 47.9 Å². The van der Waals surface area contributed by atoms with E-state index in [9.17, 15) is 9.90 Å². The van der Waals surface area contributed by atoms with E-state index >= 15 is 0 Å². The molecule has 0 aliphatic heterocycles. The van der Waals surface area contributed by atoms with Gasteiger partial charge in [0.05, 0.1) is 0 Å². The SMILES string of the molecule is CCC(C)(CC)C(=O)/C=C(\O)C(C)(CC)CC.Cc1c(-c2coc3cc(CC(C)C)ccc23)sc2ccnc(-c3[c-]c4ccccc4c(C(C)(C)C)c3)c12.[Ir]. The van der Waals surface area contributed by atoms with Crippen LogP contribution in [0.5, 0.6) is 0 Å². The zero-order valence-electron chi connectivity index (χ0n) is 35.0. The molecular weight excluding hydrogens is 875 g/mol. The fourth-order valence-electron chi connectivity index (χ4n) is 7.16. The number of nitrogens with zero attached hydrogens (tertiary/aromatic N) is 1. The second kappa shape index (κ2) is 17.7. The molecule has 3 heterocycles. The average Bonchev–Trinajstić information content (AvgIpc) is 3.72. The van der Waals surface area contributed by atoms with Gasteiger partial charge in [-0.05, 0) is 79.0 Å². The van der Waals surface area contributed by atoms with Crippen LogP contribution in [0.4, 0.5) is 0 Å². The molecule has 0 amide bonds. The first-order valence-corrected chi connectivity index (χ1v) is 20.6. The Labute approximate surface area is 347 Å². The van der Waals surface area contributed by atoms with Crippen LogP contribution in [0.15, 0.2) is 83.3 Å². The molecular formula is C49H60IrNO3S-. The summed E-state index contributed by atoms with van der Waals surface area (Å²) in [6, 6.07) is 23.4. The monoisotopic (exact) mass is 935 g/mol. The van der Waals surface area contributed by atoms with Gasteiger partial charge in [-0.2, -0.15) is 0 Å². The molecule has 55 heavy (non-hydrogen) atoms. The van der Waals surface area contributed by atoms with Gasteiger partial charge >= 0.3 is 0 Å². The number of pyridine rings is 1. The summed E-state index contributed by atoms with van der Waals surface area (Å²) in [4.78, 5) is 18.3. The van der Waals surface area contributed by atoms with E-state index in [0.717, 1.165) is 59.9 Å². The predicted molar refractivity (Wildman–Crippen MR) is 232 cm³/mol. The maximum atomic E-state index is 12.2. The van der Waals surface area contributed by atoms with E-state index in [2.05, 4.69) is 102 Å². The molecule has 0 unspecified atom stereocenters. The molecule has 0 bridgehead atoms. The summed E-state index contributed by atoms with van der Waals surface area (Å²) < 4.78 is 7.32. The molecule has 3 aromatic heterocycles. The first kappa shape index (κ1) is 44.1. The molecule has 4 nitrogen and oxygen atoms in total. The molecule has 6 aromatic rings. The van der Waals surface area contributed by atoms with Crippen molar-refractivity contribution in [3.63, 3.8) is 0 Å². The quantitative estimate of drug-likeness (QED) is 0.0799. The number of thiophene rings is 1. The first-order chi connectivity index (χ1) is 25.5. The van der Waals surface area contributed by atoms with Crippen LogP contribution in [-0.2, 0) is 36.7 Å². The maximum Gasteiger partial charge on any atom is 0.164 e. The van der Waals surface area contributed by atoms with Crippen LogP contribution >= 0.6 is 11.3 Å². The minimum atomic E-state index is -0.337. The number of hydrogen-bond acceptors (Lipinski definition) is 5. The number of benzene rings is 3. The molecule has 6 heteroatoms. The third-order valence-corrected chi connectivity index (χ3v) is 13.1. The van der Waals surface area contributed by atoms with Crippen molar-refractivity contribution in [3.8, 4) is 21.7 Å². The van der Waals surface area contributed by atoms with E-state index < -0.39 is 0 Å². The fourth-order valence-corrected chi connectivity index (χ4v) is 8.39. The van der Waals surface area contributed by atoms with Gasteiger partial charge in [0.2, 0.25) is 0 Å². The zero-order chi connectivity index (χ0) is 39.6. The van der Waals surface area contributed by atoms with Crippen molar-refractivity contribution in [3.05, 3.63) is 102 Å². The second-order valence-electron chi connectivity index (χ2n) is 17.0. The molecule has 0 saturated heterocycles. The van der Waals surface area contributed by atoms with Gasteiger partial charge in [0.25, 0.3) is 0 Å². The van der Waals surface area contributed by atoms with Gasteiger partial charge in [-0.1, -0.05) is 117 Å². The number of aliphatic hydroxyl groups excluding tert-OH is 1. The van der Waals surface area contributed by atoms with Crippen molar-refractivity contribution in [1.82, 2.24) is 4.98 Å². The van der Waals surface area contributed by atoms with Crippen LogP contribution in [-0.4, -0.2) is 15.9 Å². The van der Waals surface area contributed by atoms with Crippen molar-refractivity contribution >= 4 is 48.9 Å². The number of carbonyl (C=O) groups excluding carboxylic acids is 1. The Balaban J connectivity index is 0.000000320. The number of fused-ring (bicyclic) bond motifs is 3. The normalized spacial score (nSPS) is 12.6. The Hall–Kier alpha value is -3.57. The van der Waals surface area contributed by atoms with Gasteiger partial charge in [-0.15, -0.1) is 40.5 Å². The van der Waals surface area contributed by atoms with Crippen LogP contribution in [0.1, 0.15) is 119 Å². The number of aryl methyl sites for hydroxylation is 1. The summed E-state index contributed by atoms with van der Waals surface area (Å²) in [7, 11) is 0. The van der Waals surface area contributed by atoms with Crippen LogP contribution in [0.2, 0.25) is 0 Å². The fraction of sp³-hybridized carbons (Fsp3) is 0.429. The van der Waals surface area contributed by atoms with Gasteiger partial charge in [-0.3, -0.25) is 9.78 Å². The summed E-state index contributed by atoms with van der Waals surface area (Å²) >= 11 is 1.82. The third-order valence-electron chi connectivity index (χ3n) is 11.8. The summed E-state index contributed by atoms with van der Waals surface area (Å²) in [6.45, 7) is 25.6. The summed E-state index contributed by atoms with van der Waals surface area (Å²) in [6.07, 6.45) is 9.67. The number of aromatic nitrogens is 1. The number of carbonyl (C=O) groups is 1. The number of furan rings is 1. The van der Waals surface area contributed by atoms with Gasteiger partial charge in [0.1, 0.15) is 17.6 Å². The number of rotatable bonds is 11. The van der Waals surface area contributed by atoms with E-state index in [1.807, 2.05) is 65.3 Å². The Morgan fingerprint density at radius 1 is 0.909 bits per heavy atom. The molecule has 0 atom stereocenters. The minimum Gasteiger partial charge on any atom is -0.512 e. The smallest absolute Gasteiger partial charge is 0.164 e. The van der Waals surface area contributed by atoms with E-state index in [1.165, 1.54) is 48.5 Å². The molecule has 0 saturated carbocycles. The largest absolute Gasteiger partial charge is 0.512 e. The van der Waals surface area contributed by atoms with Crippen molar-refractivity contribution < 1.29 is 34.4 Å². The molecule has 0 aliphatic rings. The van der Waals surface area contributed by atoms with Gasteiger partial charge < -0.3 is 9.52 Å². The van der Waals surface area contributed by atoms with Crippen molar-refractivity contribution in [2.24, 2.45) is 16.7 Å². The van der Waals surface area contributed by atoms with Gasteiger partial charge in [0.15, 0.2) is 5.78 Å². The Morgan fingerprint density at radius 2 is 1.56 bits per heavy atom. The minimum absolute atomic E-state index is 0. The summed E-state index contributed by atoms with van der Waals surface area (Å²) in [5, 5.41) is 14.9. The molecule has 0 fully saturated rings. The predicted octanol–water partition coefficient (Wildman–Crippen LogP) is 14.8. The average molecular weight is 935 g/mol. The Morgan fingerprint density at radius 3 is 2.18 bits per heavy atom. The molecule has 6 rings (SSSR count). The third kappa shape index (κ3) is 9.19. The second-order valence-corrected chi connectivity index (χ2v) is 18.0. The van der Waals surface area contributed by atoms with E-state index in [1.54, 1.807) is 0 Å². The van der Waals surface area contributed by atoms with Crippen LogP contribution in [0.3, 0.4) is 0 Å². The first-order valence-electron chi connectivity index (χ1n) is 19.8. The van der Waals surface area contributed by atoms with Gasteiger partial charge in [-0.25, -0.2) is 0 Å². The van der Waals surface area contributed by atoms with Gasteiger partial charge in [0, 0.05) is 69.4 Å². The van der Waals surface area contributed by atoms with Crippen LogP contribution < -0.4 is 0 Å². The molecule has 1 radical (unpaired) electrons. The number of hydrogen-bond donors (Lipinski definition) is 1. The maximum absolute atomic E-state index is 12.2. The van der Waals surface area contributed by atoms with E-state index in [0.29, 0.717) is 5.92 Å². The topological polar surface area (TPSA) is 63.3 Å². The summed E-state index contributed by atoms with van der Waals surface area (Å²) in [5.41, 5.74) is 7.47. The molecule has 0 aliphatic carbocycles. The molecule has 1 N–H and O–H groups in total. The van der Waals surface area contributed by atoms with Crippen LogP contribution in [0.25, 0.3) is 53.5 Å². The standard InChI is InChI=1S/C34H32NOS.C15H28O2.Ir/c1-20(2)15-22-11-12-26-27(19-36-29(26)16-22)33-21(3)31-30(37-33)13-14-35-32(31)24-17-23-9-7-8-10-25(23)28(18-24)34(4,5)6;1-7-14(5,8-2)12(16)11-13(17)15(6,9-3)10-4;/h7-14,16,18-20H,15H2,1-6H3;11,16H,7-10H2,1-6H3;/q-1;;/b;12-11-;. The van der Waals surface area contributed by atoms with Crippen LogP contribution in [0, 0.1) is 29.7 Å². The molecule has 295 valence electrons. The Kier molecular flexibility index (Phi) is 14.2. The number of ketones is 1. The Bertz CT molecular complexity index is 2290. The van der Waals surface area contributed by atoms with Crippen molar-refractivity contribution in [1.29, 1.82) is 0 Å². The summed E-state index contributed by atoms with van der Waals surface area (Å²) in [5.74, 6) is 0.905. The van der Waals surface area contributed by atoms with E-state index in [4.69, 9.17) is 9.40 Å². The molecule has 0 spiro atoms. The number of allylic oxidation sites excluding steroid dienone is 2. The molecule has 3 aromatic carbocycles.